The molecule has 142 valence electrons. The molecule has 2 heterocycles. The molecule has 0 radical (unpaired) electrons. The van der Waals surface area contributed by atoms with E-state index >= 15 is 0 Å². The van der Waals surface area contributed by atoms with Crippen molar-refractivity contribution in [3.8, 4) is 11.1 Å². The second-order valence-corrected chi connectivity index (χ2v) is 6.51. The molecule has 0 unspecified atom stereocenters. The second kappa shape index (κ2) is 8.80. The summed E-state index contributed by atoms with van der Waals surface area (Å²) in [4.78, 5) is 21.2. The van der Waals surface area contributed by atoms with Crippen LogP contribution in [0.1, 0.15) is 15.9 Å². The van der Waals surface area contributed by atoms with Gasteiger partial charge < -0.3 is 10.6 Å². The van der Waals surface area contributed by atoms with Crippen LogP contribution in [0.3, 0.4) is 0 Å². The highest BCUT2D eigenvalue weighted by Gasteiger charge is 2.13. The smallest absolute Gasteiger partial charge is 0.259 e. The first-order chi connectivity index (χ1) is 14.3. The SMILES string of the molecule is O=C(Nc1cccc(-c2ccccc2)c1)c1cccnc1NCc1ccncc1. The van der Waals surface area contributed by atoms with Crippen LogP contribution >= 0.6 is 0 Å². The minimum absolute atomic E-state index is 0.208. The van der Waals surface area contributed by atoms with Crippen molar-refractivity contribution >= 4 is 17.4 Å². The predicted molar refractivity (Wildman–Crippen MR) is 116 cm³/mol. The molecule has 0 atom stereocenters. The van der Waals surface area contributed by atoms with Crippen LogP contribution in [0.25, 0.3) is 11.1 Å². The fraction of sp³-hybridized carbons (Fsp3) is 0.0417. The maximum Gasteiger partial charge on any atom is 0.259 e. The Morgan fingerprint density at radius 2 is 1.59 bits per heavy atom. The monoisotopic (exact) mass is 380 g/mol. The molecule has 0 fully saturated rings. The number of nitrogens with one attached hydrogen (secondary N) is 2. The summed E-state index contributed by atoms with van der Waals surface area (Å²) in [5, 5.41) is 6.21. The van der Waals surface area contributed by atoms with Crippen molar-refractivity contribution in [3.05, 3.63) is 109 Å². The molecule has 4 aromatic rings. The van der Waals surface area contributed by atoms with Crippen molar-refractivity contribution in [3.63, 3.8) is 0 Å². The maximum absolute atomic E-state index is 12.9. The number of nitrogens with zero attached hydrogens (tertiary/aromatic N) is 2. The average molecular weight is 380 g/mol. The first-order valence-corrected chi connectivity index (χ1v) is 9.34. The van der Waals surface area contributed by atoms with Crippen LogP contribution in [0.2, 0.25) is 0 Å². The van der Waals surface area contributed by atoms with Crippen LogP contribution in [0.5, 0.6) is 0 Å². The Morgan fingerprint density at radius 1 is 0.793 bits per heavy atom. The molecule has 5 heteroatoms. The van der Waals surface area contributed by atoms with E-state index in [1.807, 2.05) is 66.7 Å². The maximum atomic E-state index is 12.9. The van der Waals surface area contributed by atoms with Crippen molar-refractivity contribution in [2.24, 2.45) is 0 Å². The standard InChI is InChI=1S/C24H20N4O/c29-24(28-21-9-4-8-20(16-21)19-6-2-1-3-7-19)22-10-5-13-26-23(22)27-17-18-11-14-25-15-12-18/h1-16H,17H2,(H,26,27)(H,28,29). The van der Waals surface area contributed by atoms with Gasteiger partial charge in [-0.15, -0.1) is 0 Å². The fourth-order valence-corrected chi connectivity index (χ4v) is 3.02. The molecule has 1 amide bonds. The van der Waals surface area contributed by atoms with Crippen LogP contribution in [0, 0.1) is 0 Å². The predicted octanol–water partition coefficient (Wildman–Crippen LogP) is 5.01. The Labute approximate surface area is 169 Å². The van der Waals surface area contributed by atoms with Gasteiger partial charge in [0.2, 0.25) is 0 Å². The number of carbonyl (C=O) groups is 1. The molecule has 0 saturated heterocycles. The van der Waals surface area contributed by atoms with Gasteiger partial charge in [0.15, 0.2) is 0 Å². The zero-order chi connectivity index (χ0) is 19.9. The van der Waals surface area contributed by atoms with Crippen molar-refractivity contribution in [1.29, 1.82) is 0 Å². The quantitative estimate of drug-likeness (QED) is 0.493. The topological polar surface area (TPSA) is 66.9 Å². The summed E-state index contributed by atoms with van der Waals surface area (Å²) in [5.74, 6) is 0.335. The number of pyridine rings is 2. The number of aromatic nitrogens is 2. The van der Waals surface area contributed by atoms with E-state index in [0.717, 1.165) is 22.4 Å². The summed E-state index contributed by atoms with van der Waals surface area (Å²) < 4.78 is 0. The van der Waals surface area contributed by atoms with Crippen molar-refractivity contribution < 1.29 is 4.79 Å². The number of hydrogen-bond donors (Lipinski definition) is 2. The molecule has 4 rings (SSSR count). The summed E-state index contributed by atoms with van der Waals surface area (Å²) in [7, 11) is 0. The third-order valence-electron chi connectivity index (χ3n) is 4.49. The van der Waals surface area contributed by atoms with E-state index in [9.17, 15) is 4.79 Å². The molecule has 2 aromatic carbocycles. The molecule has 5 nitrogen and oxygen atoms in total. The zero-order valence-electron chi connectivity index (χ0n) is 15.7. The Kier molecular flexibility index (Phi) is 5.58. The van der Waals surface area contributed by atoms with Gasteiger partial charge in [-0.05, 0) is 53.1 Å². The van der Waals surface area contributed by atoms with E-state index in [-0.39, 0.29) is 5.91 Å². The lowest BCUT2D eigenvalue weighted by Crippen LogP contribution is -2.15. The van der Waals surface area contributed by atoms with Gasteiger partial charge in [-0.2, -0.15) is 0 Å². The van der Waals surface area contributed by atoms with E-state index in [0.29, 0.717) is 17.9 Å². The van der Waals surface area contributed by atoms with Crippen LogP contribution in [0.4, 0.5) is 11.5 Å². The second-order valence-electron chi connectivity index (χ2n) is 6.51. The number of anilines is 2. The van der Waals surface area contributed by atoms with Gasteiger partial charge in [0.05, 0.1) is 5.56 Å². The summed E-state index contributed by atoms with van der Waals surface area (Å²) in [6, 6.07) is 25.2. The molecule has 0 aliphatic rings. The lowest BCUT2D eigenvalue weighted by molar-refractivity contribution is 0.102. The summed E-state index contributed by atoms with van der Waals surface area (Å²) in [5.41, 5.74) is 4.44. The summed E-state index contributed by atoms with van der Waals surface area (Å²) >= 11 is 0. The molecule has 0 spiro atoms. The van der Waals surface area contributed by atoms with Crippen LogP contribution in [-0.4, -0.2) is 15.9 Å². The molecule has 2 N–H and O–H groups in total. The summed E-state index contributed by atoms with van der Waals surface area (Å²) in [6.07, 6.45) is 5.15. The number of carbonyl (C=O) groups excluding carboxylic acids is 1. The Balaban J connectivity index is 1.51. The highest BCUT2D eigenvalue weighted by Crippen LogP contribution is 2.23. The third kappa shape index (κ3) is 4.65. The van der Waals surface area contributed by atoms with E-state index in [1.54, 1.807) is 30.7 Å². The van der Waals surface area contributed by atoms with Gasteiger partial charge in [-0.1, -0.05) is 42.5 Å². The van der Waals surface area contributed by atoms with E-state index in [2.05, 4.69) is 20.6 Å². The Morgan fingerprint density at radius 3 is 2.41 bits per heavy atom. The van der Waals surface area contributed by atoms with Gasteiger partial charge in [-0.25, -0.2) is 4.98 Å². The normalized spacial score (nSPS) is 10.3. The number of amides is 1. The molecule has 0 saturated carbocycles. The number of benzene rings is 2. The van der Waals surface area contributed by atoms with Crippen molar-refractivity contribution in [2.45, 2.75) is 6.54 Å². The largest absolute Gasteiger partial charge is 0.365 e. The zero-order valence-corrected chi connectivity index (χ0v) is 15.7. The Hall–Kier alpha value is -3.99. The Bertz CT molecular complexity index is 1100. The van der Waals surface area contributed by atoms with Gasteiger partial charge in [0.1, 0.15) is 5.82 Å². The molecular formula is C24H20N4O. The average Bonchev–Trinajstić information content (AvgIpc) is 2.79. The first-order valence-electron chi connectivity index (χ1n) is 9.34. The third-order valence-corrected chi connectivity index (χ3v) is 4.49. The van der Waals surface area contributed by atoms with Gasteiger partial charge in [0, 0.05) is 30.8 Å². The van der Waals surface area contributed by atoms with Crippen LogP contribution in [0.15, 0.2) is 97.5 Å². The molecule has 0 aliphatic carbocycles. The van der Waals surface area contributed by atoms with Gasteiger partial charge >= 0.3 is 0 Å². The lowest BCUT2D eigenvalue weighted by Gasteiger charge is -2.12. The van der Waals surface area contributed by atoms with Crippen LogP contribution < -0.4 is 10.6 Å². The van der Waals surface area contributed by atoms with Gasteiger partial charge in [0.25, 0.3) is 5.91 Å². The van der Waals surface area contributed by atoms with E-state index < -0.39 is 0 Å². The van der Waals surface area contributed by atoms with Crippen molar-refractivity contribution in [1.82, 2.24) is 9.97 Å². The molecule has 29 heavy (non-hydrogen) atoms. The summed E-state index contributed by atoms with van der Waals surface area (Å²) in [6.45, 7) is 0.559. The minimum Gasteiger partial charge on any atom is -0.365 e. The number of hydrogen-bond acceptors (Lipinski definition) is 4. The first kappa shape index (κ1) is 18.4. The molecule has 2 aromatic heterocycles. The van der Waals surface area contributed by atoms with Crippen LogP contribution in [-0.2, 0) is 6.54 Å². The van der Waals surface area contributed by atoms with Gasteiger partial charge in [-0.3, -0.25) is 9.78 Å². The number of rotatable bonds is 6. The highest BCUT2D eigenvalue weighted by molar-refractivity contribution is 6.07. The minimum atomic E-state index is -0.208. The molecule has 0 bridgehead atoms. The van der Waals surface area contributed by atoms with E-state index in [4.69, 9.17) is 0 Å². The van der Waals surface area contributed by atoms with E-state index in [1.165, 1.54) is 0 Å². The molecule has 0 aliphatic heterocycles. The highest BCUT2D eigenvalue weighted by atomic mass is 16.1. The van der Waals surface area contributed by atoms with Crippen molar-refractivity contribution in [2.75, 3.05) is 10.6 Å². The lowest BCUT2D eigenvalue weighted by atomic mass is 10.1. The fourth-order valence-electron chi connectivity index (χ4n) is 3.02. The molecular weight excluding hydrogens is 360 g/mol.